The lowest BCUT2D eigenvalue weighted by Crippen LogP contribution is -2.50. The van der Waals surface area contributed by atoms with E-state index in [1.165, 1.54) is 6.42 Å². The summed E-state index contributed by atoms with van der Waals surface area (Å²) in [5.41, 5.74) is 1.18. The van der Waals surface area contributed by atoms with Gasteiger partial charge in [0.2, 0.25) is 0 Å². The average molecular weight is 326 g/mol. The molecule has 0 aromatic heterocycles. The second-order valence-electron chi connectivity index (χ2n) is 6.92. The van der Waals surface area contributed by atoms with Gasteiger partial charge < -0.3 is 10.4 Å². The number of halogens is 1. The van der Waals surface area contributed by atoms with Crippen molar-refractivity contribution in [2.24, 2.45) is 11.3 Å². The number of anilines is 1. The zero-order chi connectivity index (χ0) is 14.1. The van der Waals surface area contributed by atoms with E-state index in [1.54, 1.807) is 0 Å². The highest BCUT2D eigenvalue weighted by Crippen LogP contribution is 2.45. The molecule has 2 N–H and O–H groups in total. The number of rotatable bonds is 3. The molecule has 1 aromatic rings. The first-order chi connectivity index (χ1) is 8.84. The number of hydrogen-bond donors (Lipinski definition) is 2. The summed E-state index contributed by atoms with van der Waals surface area (Å²) in [5, 5.41) is 13.5. The van der Waals surface area contributed by atoms with Gasteiger partial charge in [-0.15, -0.1) is 0 Å². The van der Waals surface area contributed by atoms with E-state index < -0.39 is 0 Å². The van der Waals surface area contributed by atoms with Crippen LogP contribution in [0.1, 0.15) is 40.0 Å². The van der Waals surface area contributed by atoms with E-state index in [9.17, 15) is 5.11 Å². The summed E-state index contributed by atoms with van der Waals surface area (Å²) in [4.78, 5) is 0. The Labute approximate surface area is 124 Å². The van der Waals surface area contributed by atoms with Gasteiger partial charge in [0.15, 0.2) is 0 Å². The van der Waals surface area contributed by atoms with Gasteiger partial charge in [-0.2, -0.15) is 0 Å². The lowest BCUT2D eigenvalue weighted by molar-refractivity contribution is 0.0750. The number of nitrogens with one attached hydrogen (secondary N) is 1. The highest BCUT2D eigenvalue weighted by Gasteiger charge is 2.42. The van der Waals surface area contributed by atoms with E-state index in [4.69, 9.17) is 0 Å². The third-order valence-electron chi connectivity index (χ3n) is 4.01. The van der Waals surface area contributed by atoms with Crippen LogP contribution in [0, 0.1) is 11.3 Å². The van der Waals surface area contributed by atoms with Crippen LogP contribution >= 0.6 is 15.9 Å². The molecule has 1 fully saturated rings. The molecule has 3 heteroatoms. The molecule has 1 aromatic carbocycles. The maximum absolute atomic E-state index is 9.94. The summed E-state index contributed by atoms with van der Waals surface area (Å²) < 4.78 is 1.08. The third-order valence-corrected chi connectivity index (χ3v) is 4.54. The van der Waals surface area contributed by atoms with Gasteiger partial charge in [0, 0.05) is 10.2 Å². The molecule has 1 saturated carbocycles. The van der Waals surface area contributed by atoms with Gasteiger partial charge in [0.1, 0.15) is 0 Å². The van der Waals surface area contributed by atoms with Crippen molar-refractivity contribution in [1.29, 1.82) is 0 Å². The number of aliphatic hydroxyl groups is 1. The van der Waals surface area contributed by atoms with E-state index >= 15 is 0 Å². The second kappa shape index (κ2) is 5.45. The molecule has 0 aliphatic heterocycles. The Kier molecular flexibility index (Phi) is 4.26. The van der Waals surface area contributed by atoms with Crippen molar-refractivity contribution in [3.63, 3.8) is 0 Å². The van der Waals surface area contributed by atoms with E-state index in [1.807, 2.05) is 12.1 Å². The normalized spacial score (nSPS) is 30.1. The molecule has 19 heavy (non-hydrogen) atoms. The molecular formula is C16H24BrNO. The predicted molar refractivity (Wildman–Crippen MR) is 84.4 cm³/mol. The van der Waals surface area contributed by atoms with Crippen LogP contribution in [-0.4, -0.2) is 17.3 Å². The Balaban J connectivity index is 2.20. The number of hydrogen-bond acceptors (Lipinski definition) is 2. The fraction of sp³-hybridized carbons (Fsp3) is 0.625. The van der Waals surface area contributed by atoms with Crippen LogP contribution in [0.2, 0.25) is 0 Å². The lowest BCUT2D eigenvalue weighted by Gasteiger charge is -2.47. The van der Waals surface area contributed by atoms with Crippen molar-refractivity contribution in [2.75, 3.05) is 11.9 Å². The second-order valence-corrected chi connectivity index (χ2v) is 7.84. The van der Waals surface area contributed by atoms with Gasteiger partial charge in [0.05, 0.1) is 12.1 Å². The molecule has 2 atom stereocenters. The van der Waals surface area contributed by atoms with Crippen LogP contribution in [0.15, 0.2) is 28.7 Å². The lowest BCUT2D eigenvalue weighted by atomic mass is 9.64. The van der Waals surface area contributed by atoms with Crippen molar-refractivity contribution in [2.45, 2.75) is 45.6 Å². The first-order valence-electron chi connectivity index (χ1n) is 6.99. The van der Waals surface area contributed by atoms with Gasteiger partial charge in [-0.1, -0.05) is 36.7 Å². The summed E-state index contributed by atoms with van der Waals surface area (Å²) in [6.07, 6.45) is 3.27. The summed E-state index contributed by atoms with van der Waals surface area (Å²) in [7, 11) is 0. The summed E-state index contributed by atoms with van der Waals surface area (Å²) in [6, 6.07) is 8.19. The van der Waals surface area contributed by atoms with E-state index in [-0.39, 0.29) is 17.6 Å². The topological polar surface area (TPSA) is 32.3 Å². The molecule has 1 aliphatic rings. The van der Waals surface area contributed by atoms with E-state index in [0.717, 1.165) is 23.0 Å². The minimum absolute atomic E-state index is 0.186. The molecule has 2 rings (SSSR count). The standard InChI is InChI=1S/C16H24BrNO/c1-12-8-15(2,3)10-16(9-12,11-19)18-14-6-4-13(17)5-7-14/h4-7,12,18-19H,8-11H2,1-3H3. The SMILES string of the molecule is CC1CC(C)(C)CC(CO)(Nc2ccc(Br)cc2)C1. The van der Waals surface area contributed by atoms with Crippen LogP contribution in [0.5, 0.6) is 0 Å². The monoisotopic (exact) mass is 325 g/mol. The predicted octanol–water partition coefficient (Wildman–Crippen LogP) is 4.44. The molecule has 106 valence electrons. The molecule has 0 spiro atoms. The quantitative estimate of drug-likeness (QED) is 0.861. The Morgan fingerprint density at radius 1 is 1.26 bits per heavy atom. The molecule has 2 nitrogen and oxygen atoms in total. The molecular weight excluding hydrogens is 302 g/mol. The summed E-state index contributed by atoms with van der Waals surface area (Å²) in [5.74, 6) is 0.638. The van der Waals surface area contributed by atoms with Gasteiger partial charge in [-0.25, -0.2) is 0 Å². The average Bonchev–Trinajstić information content (AvgIpc) is 2.29. The van der Waals surface area contributed by atoms with Crippen molar-refractivity contribution < 1.29 is 5.11 Å². The molecule has 2 unspecified atom stereocenters. The van der Waals surface area contributed by atoms with Gasteiger partial charge in [-0.05, 0) is 54.9 Å². The molecule has 0 bridgehead atoms. The fourth-order valence-electron chi connectivity index (χ4n) is 3.84. The Morgan fingerprint density at radius 3 is 2.42 bits per heavy atom. The summed E-state index contributed by atoms with van der Waals surface area (Å²) >= 11 is 3.45. The molecule has 0 amide bonds. The third kappa shape index (κ3) is 3.73. The first kappa shape index (κ1) is 14.9. The Morgan fingerprint density at radius 2 is 1.89 bits per heavy atom. The highest BCUT2D eigenvalue weighted by atomic mass is 79.9. The Hall–Kier alpha value is -0.540. The van der Waals surface area contributed by atoms with Crippen LogP contribution < -0.4 is 5.32 Å². The van der Waals surface area contributed by atoms with Gasteiger partial charge >= 0.3 is 0 Å². The highest BCUT2D eigenvalue weighted by molar-refractivity contribution is 9.10. The van der Waals surface area contributed by atoms with Crippen LogP contribution in [0.4, 0.5) is 5.69 Å². The zero-order valence-electron chi connectivity index (χ0n) is 12.0. The van der Waals surface area contributed by atoms with Crippen molar-refractivity contribution in [3.8, 4) is 0 Å². The summed E-state index contributed by atoms with van der Waals surface area (Å²) in [6.45, 7) is 7.08. The Bertz CT molecular complexity index is 429. The van der Waals surface area contributed by atoms with Crippen LogP contribution in [0.3, 0.4) is 0 Å². The first-order valence-corrected chi connectivity index (χ1v) is 7.78. The van der Waals surface area contributed by atoms with E-state index in [2.05, 4.69) is 54.2 Å². The molecule has 1 aliphatic carbocycles. The maximum Gasteiger partial charge on any atom is 0.0661 e. The number of aliphatic hydroxyl groups excluding tert-OH is 1. The van der Waals surface area contributed by atoms with Crippen molar-refractivity contribution in [3.05, 3.63) is 28.7 Å². The van der Waals surface area contributed by atoms with E-state index in [0.29, 0.717) is 5.92 Å². The minimum Gasteiger partial charge on any atom is -0.394 e. The zero-order valence-corrected chi connectivity index (χ0v) is 13.6. The number of benzene rings is 1. The van der Waals surface area contributed by atoms with Crippen LogP contribution in [-0.2, 0) is 0 Å². The fourth-order valence-corrected chi connectivity index (χ4v) is 4.10. The van der Waals surface area contributed by atoms with Crippen molar-refractivity contribution in [1.82, 2.24) is 0 Å². The maximum atomic E-state index is 9.94. The van der Waals surface area contributed by atoms with Gasteiger partial charge in [0.25, 0.3) is 0 Å². The molecule has 0 heterocycles. The molecule has 0 radical (unpaired) electrons. The minimum atomic E-state index is -0.186. The van der Waals surface area contributed by atoms with Gasteiger partial charge in [-0.3, -0.25) is 0 Å². The molecule has 0 saturated heterocycles. The van der Waals surface area contributed by atoms with Crippen molar-refractivity contribution >= 4 is 21.6 Å². The largest absolute Gasteiger partial charge is 0.394 e. The van der Waals surface area contributed by atoms with Crippen LogP contribution in [0.25, 0.3) is 0 Å². The smallest absolute Gasteiger partial charge is 0.0661 e.